The van der Waals surface area contributed by atoms with Gasteiger partial charge in [0.2, 0.25) is 5.91 Å². The molecule has 4 nitrogen and oxygen atoms in total. The molecule has 0 spiro atoms. The summed E-state index contributed by atoms with van der Waals surface area (Å²) in [5.41, 5.74) is 2.73. The minimum Gasteiger partial charge on any atom is -0.493 e. The van der Waals surface area contributed by atoms with Crippen molar-refractivity contribution in [2.24, 2.45) is 5.92 Å². The van der Waals surface area contributed by atoms with Gasteiger partial charge in [0.25, 0.3) is 0 Å². The van der Waals surface area contributed by atoms with Crippen molar-refractivity contribution in [3.63, 3.8) is 0 Å². The van der Waals surface area contributed by atoms with Crippen LogP contribution >= 0.6 is 0 Å². The molecule has 0 aromatic heterocycles. The standard InChI is InChI=1S/C18H25NO3/c1-21-16-10-14-5-3-4-12(15(14)11-17(16)22-2)8-9-19-18(20)13-6-7-13/h10-13H,3-9H2,1-2H3,(H,19,20). The lowest BCUT2D eigenvalue weighted by Crippen LogP contribution is -2.27. The Balaban J connectivity index is 1.68. The monoisotopic (exact) mass is 303 g/mol. The average molecular weight is 303 g/mol. The van der Waals surface area contributed by atoms with E-state index in [2.05, 4.69) is 17.4 Å². The van der Waals surface area contributed by atoms with E-state index in [1.807, 2.05) is 0 Å². The molecule has 0 heterocycles. The first kappa shape index (κ1) is 15.2. The van der Waals surface area contributed by atoms with Gasteiger partial charge in [0, 0.05) is 12.5 Å². The maximum absolute atomic E-state index is 11.7. The molecule has 2 aliphatic rings. The fourth-order valence-corrected chi connectivity index (χ4v) is 3.39. The second-order valence-corrected chi connectivity index (χ2v) is 6.35. The third kappa shape index (κ3) is 3.21. The van der Waals surface area contributed by atoms with E-state index in [1.54, 1.807) is 14.2 Å². The number of benzene rings is 1. The van der Waals surface area contributed by atoms with Gasteiger partial charge in [-0.2, -0.15) is 0 Å². The van der Waals surface area contributed by atoms with Gasteiger partial charge >= 0.3 is 0 Å². The number of carbonyl (C=O) groups is 1. The molecule has 1 fully saturated rings. The van der Waals surface area contributed by atoms with Crippen molar-refractivity contribution in [3.05, 3.63) is 23.3 Å². The second-order valence-electron chi connectivity index (χ2n) is 6.35. The first-order valence-corrected chi connectivity index (χ1v) is 8.25. The third-order valence-corrected chi connectivity index (χ3v) is 4.82. The summed E-state index contributed by atoms with van der Waals surface area (Å²) in [6.45, 7) is 0.772. The van der Waals surface area contributed by atoms with Crippen LogP contribution in [0.5, 0.6) is 11.5 Å². The number of rotatable bonds is 6. The summed E-state index contributed by atoms with van der Waals surface area (Å²) in [4.78, 5) is 11.7. The number of fused-ring (bicyclic) bond motifs is 1. The molecule has 1 unspecified atom stereocenters. The molecule has 0 saturated heterocycles. The van der Waals surface area contributed by atoms with Gasteiger partial charge in [-0.3, -0.25) is 4.79 Å². The van der Waals surface area contributed by atoms with Crippen LogP contribution in [0.15, 0.2) is 12.1 Å². The SMILES string of the molecule is COc1cc2c(cc1OC)C(CCNC(=O)C1CC1)CCC2. The summed E-state index contributed by atoms with van der Waals surface area (Å²) >= 11 is 0. The highest BCUT2D eigenvalue weighted by Gasteiger charge is 2.29. The van der Waals surface area contributed by atoms with Crippen molar-refractivity contribution in [2.45, 2.75) is 44.4 Å². The van der Waals surface area contributed by atoms with Crippen molar-refractivity contribution in [1.29, 1.82) is 0 Å². The van der Waals surface area contributed by atoms with E-state index in [-0.39, 0.29) is 5.91 Å². The number of hydrogen-bond donors (Lipinski definition) is 1. The Bertz CT molecular complexity index is 552. The number of carbonyl (C=O) groups excluding carboxylic acids is 1. The Labute approximate surface area is 132 Å². The molecule has 1 aromatic rings. The lowest BCUT2D eigenvalue weighted by Gasteiger charge is -2.27. The normalized spacial score (nSPS) is 20.2. The van der Waals surface area contributed by atoms with Crippen LogP contribution in [0.3, 0.4) is 0 Å². The Hall–Kier alpha value is -1.71. The van der Waals surface area contributed by atoms with Gasteiger partial charge in [0.05, 0.1) is 14.2 Å². The van der Waals surface area contributed by atoms with E-state index in [9.17, 15) is 4.79 Å². The zero-order valence-electron chi connectivity index (χ0n) is 13.5. The van der Waals surface area contributed by atoms with E-state index in [0.717, 1.165) is 43.7 Å². The lowest BCUT2D eigenvalue weighted by molar-refractivity contribution is -0.122. The molecule has 4 heteroatoms. The molecule has 0 aliphatic heterocycles. The second kappa shape index (κ2) is 6.59. The van der Waals surface area contributed by atoms with E-state index >= 15 is 0 Å². The summed E-state index contributed by atoms with van der Waals surface area (Å²) in [7, 11) is 3.36. The Morgan fingerprint density at radius 3 is 2.59 bits per heavy atom. The number of nitrogens with one attached hydrogen (secondary N) is 1. The number of ether oxygens (including phenoxy) is 2. The first-order chi connectivity index (χ1) is 10.7. The molecule has 3 rings (SSSR count). The highest BCUT2D eigenvalue weighted by atomic mass is 16.5. The van der Waals surface area contributed by atoms with Gasteiger partial charge < -0.3 is 14.8 Å². The quantitative estimate of drug-likeness (QED) is 0.878. The molecule has 1 saturated carbocycles. The van der Waals surface area contributed by atoms with E-state index in [1.165, 1.54) is 24.0 Å². The predicted molar refractivity (Wildman–Crippen MR) is 85.6 cm³/mol. The molecule has 22 heavy (non-hydrogen) atoms. The van der Waals surface area contributed by atoms with E-state index < -0.39 is 0 Å². The Kier molecular flexibility index (Phi) is 4.55. The first-order valence-electron chi connectivity index (χ1n) is 8.25. The highest BCUT2D eigenvalue weighted by Crippen LogP contribution is 2.40. The zero-order valence-corrected chi connectivity index (χ0v) is 13.5. The lowest BCUT2D eigenvalue weighted by atomic mass is 9.81. The fourth-order valence-electron chi connectivity index (χ4n) is 3.39. The Morgan fingerprint density at radius 1 is 1.18 bits per heavy atom. The molecule has 0 bridgehead atoms. The molecule has 1 atom stereocenters. The summed E-state index contributed by atoms with van der Waals surface area (Å²) in [6, 6.07) is 4.24. The molecule has 1 amide bonds. The van der Waals surface area contributed by atoms with Crippen LogP contribution in [0.25, 0.3) is 0 Å². The number of methoxy groups -OCH3 is 2. The van der Waals surface area contributed by atoms with Gasteiger partial charge in [-0.05, 0) is 67.7 Å². The smallest absolute Gasteiger partial charge is 0.223 e. The van der Waals surface area contributed by atoms with Gasteiger partial charge in [-0.15, -0.1) is 0 Å². The number of amides is 1. The number of hydrogen-bond acceptors (Lipinski definition) is 3. The molecule has 1 aromatic carbocycles. The summed E-state index contributed by atoms with van der Waals surface area (Å²) in [6.07, 6.45) is 6.61. The van der Waals surface area contributed by atoms with Crippen LogP contribution in [0.4, 0.5) is 0 Å². The summed E-state index contributed by atoms with van der Waals surface area (Å²) < 4.78 is 10.8. The van der Waals surface area contributed by atoms with Crippen molar-refractivity contribution < 1.29 is 14.3 Å². The minimum atomic E-state index is 0.239. The van der Waals surface area contributed by atoms with Crippen LogP contribution in [-0.2, 0) is 11.2 Å². The molecule has 2 aliphatic carbocycles. The maximum Gasteiger partial charge on any atom is 0.223 e. The Morgan fingerprint density at radius 2 is 1.91 bits per heavy atom. The minimum absolute atomic E-state index is 0.239. The third-order valence-electron chi connectivity index (χ3n) is 4.82. The maximum atomic E-state index is 11.7. The molecule has 0 radical (unpaired) electrons. The van der Waals surface area contributed by atoms with Crippen molar-refractivity contribution in [2.75, 3.05) is 20.8 Å². The highest BCUT2D eigenvalue weighted by molar-refractivity contribution is 5.80. The fraction of sp³-hybridized carbons (Fsp3) is 0.611. The van der Waals surface area contributed by atoms with Crippen LogP contribution < -0.4 is 14.8 Å². The van der Waals surface area contributed by atoms with Crippen LogP contribution in [0, 0.1) is 5.92 Å². The van der Waals surface area contributed by atoms with E-state index in [0.29, 0.717) is 11.8 Å². The van der Waals surface area contributed by atoms with E-state index in [4.69, 9.17) is 9.47 Å². The summed E-state index contributed by atoms with van der Waals surface area (Å²) in [5.74, 6) is 2.65. The molecule has 1 N–H and O–H groups in total. The van der Waals surface area contributed by atoms with Crippen LogP contribution in [0.1, 0.15) is 49.1 Å². The largest absolute Gasteiger partial charge is 0.493 e. The topological polar surface area (TPSA) is 47.6 Å². The van der Waals surface area contributed by atoms with Crippen molar-refractivity contribution in [3.8, 4) is 11.5 Å². The number of aryl methyl sites for hydroxylation is 1. The van der Waals surface area contributed by atoms with Crippen LogP contribution in [0.2, 0.25) is 0 Å². The van der Waals surface area contributed by atoms with Crippen molar-refractivity contribution in [1.82, 2.24) is 5.32 Å². The van der Waals surface area contributed by atoms with Gasteiger partial charge in [-0.25, -0.2) is 0 Å². The van der Waals surface area contributed by atoms with Gasteiger partial charge in [0.1, 0.15) is 0 Å². The van der Waals surface area contributed by atoms with Gasteiger partial charge in [0.15, 0.2) is 11.5 Å². The molecular formula is C18H25NO3. The van der Waals surface area contributed by atoms with Gasteiger partial charge in [-0.1, -0.05) is 0 Å². The van der Waals surface area contributed by atoms with Crippen LogP contribution in [-0.4, -0.2) is 26.7 Å². The zero-order chi connectivity index (χ0) is 15.5. The average Bonchev–Trinajstić information content (AvgIpc) is 3.38. The molecule has 120 valence electrons. The van der Waals surface area contributed by atoms with Crippen molar-refractivity contribution >= 4 is 5.91 Å². The predicted octanol–water partition coefficient (Wildman–Crippen LogP) is 3.04. The summed E-state index contributed by atoms with van der Waals surface area (Å²) in [5, 5.41) is 3.08. The molecular weight excluding hydrogens is 278 g/mol.